The first-order chi connectivity index (χ1) is 9.36. The van der Waals surface area contributed by atoms with Crippen molar-refractivity contribution >= 4 is 29.3 Å². The first-order valence-electron chi connectivity index (χ1n) is 5.81. The van der Waals surface area contributed by atoms with Crippen LogP contribution in [-0.4, -0.2) is 45.8 Å². The molecule has 0 saturated carbocycles. The van der Waals surface area contributed by atoms with Crippen molar-refractivity contribution in [1.82, 2.24) is 4.90 Å². The predicted molar refractivity (Wildman–Crippen MR) is 69.2 cm³/mol. The Morgan fingerprint density at radius 3 is 2.70 bits per heavy atom. The second kappa shape index (κ2) is 5.64. The summed E-state index contributed by atoms with van der Waals surface area (Å²) in [7, 11) is 0. The number of hydrogen-bond acceptors (Lipinski definition) is 3. The van der Waals surface area contributed by atoms with E-state index in [1.54, 1.807) is 0 Å². The topological polar surface area (TPSA) is 89.9 Å². The zero-order chi connectivity index (χ0) is 14.9. The Morgan fingerprint density at radius 2 is 2.10 bits per heavy atom. The van der Waals surface area contributed by atoms with Crippen molar-refractivity contribution in [3.8, 4) is 0 Å². The molecule has 0 aromatic heterocycles. The molecule has 3 N–H and O–H groups in total. The number of carbonyl (C=O) groups excluding carboxylic acids is 1. The highest BCUT2D eigenvalue weighted by Gasteiger charge is 2.39. The van der Waals surface area contributed by atoms with E-state index in [2.05, 4.69) is 5.32 Å². The van der Waals surface area contributed by atoms with Gasteiger partial charge in [0.05, 0.1) is 6.10 Å². The molecular formula is C12H12ClFN2O4. The van der Waals surface area contributed by atoms with Crippen molar-refractivity contribution in [3.63, 3.8) is 0 Å². The van der Waals surface area contributed by atoms with Gasteiger partial charge in [-0.25, -0.2) is 14.0 Å². The molecule has 0 bridgehead atoms. The molecule has 108 valence electrons. The number of anilines is 1. The number of rotatable bonds is 2. The number of β-amino-alcohol motifs (C(OH)–C–C–N with tert-alkyl or cyclic N) is 1. The monoisotopic (exact) mass is 302 g/mol. The van der Waals surface area contributed by atoms with Gasteiger partial charge in [0.2, 0.25) is 0 Å². The predicted octanol–water partition coefficient (Wildman–Crippen LogP) is 1.53. The van der Waals surface area contributed by atoms with Crippen molar-refractivity contribution in [1.29, 1.82) is 0 Å². The van der Waals surface area contributed by atoms with Crippen LogP contribution >= 0.6 is 11.6 Å². The molecule has 2 rings (SSSR count). The van der Waals surface area contributed by atoms with Crippen molar-refractivity contribution in [2.75, 3.05) is 11.9 Å². The number of nitrogens with zero attached hydrogens (tertiary/aromatic N) is 1. The lowest BCUT2D eigenvalue weighted by atomic mass is 10.2. The normalized spacial score (nSPS) is 21.9. The van der Waals surface area contributed by atoms with Crippen LogP contribution in [0.2, 0.25) is 5.02 Å². The highest BCUT2D eigenvalue weighted by Crippen LogP contribution is 2.22. The van der Waals surface area contributed by atoms with Crippen LogP contribution in [0.25, 0.3) is 0 Å². The Hall–Kier alpha value is -1.86. The van der Waals surface area contributed by atoms with Gasteiger partial charge in [-0.2, -0.15) is 0 Å². The maximum absolute atomic E-state index is 13.1. The fourth-order valence-electron chi connectivity index (χ4n) is 2.09. The quantitative estimate of drug-likeness (QED) is 0.773. The van der Waals surface area contributed by atoms with Gasteiger partial charge >= 0.3 is 12.0 Å². The van der Waals surface area contributed by atoms with E-state index in [1.807, 2.05) is 0 Å². The minimum absolute atomic E-state index is 0.0351. The van der Waals surface area contributed by atoms with Crippen LogP contribution < -0.4 is 5.32 Å². The molecular weight excluding hydrogens is 291 g/mol. The van der Waals surface area contributed by atoms with Gasteiger partial charge in [0.25, 0.3) is 0 Å². The number of likely N-dealkylation sites (tertiary alicyclic amines) is 1. The molecule has 1 heterocycles. The fraction of sp³-hybridized carbons (Fsp3) is 0.333. The molecule has 1 aromatic rings. The number of aliphatic carboxylic acids is 1. The number of urea groups is 1. The molecule has 1 fully saturated rings. The molecule has 0 spiro atoms. The number of carbonyl (C=O) groups is 2. The summed E-state index contributed by atoms with van der Waals surface area (Å²) in [5.74, 6) is -1.82. The van der Waals surface area contributed by atoms with Crippen molar-refractivity contribution in [3.05, 3.63) is 29.0 Å². The van der Waals surface area contributed by atoms with Crippen LogP contribution in [0.5, 0.6) is 0 Å². The fourth-order valence-corrected chi connectivity index (χ4v) is 2.32. The molecule has 1 saturated heterocycles. The average Bonchev–Trinajstić information content (AvgIpc) is 2.70. The third-order valence-electron chi connectivity index (χ3n) is 2.94. The van der Waals surface area contributed by atoms with E-state index in [1.165, 1.54) is 6.07 Å². The second-order valence-electron chi connectivity index (χ2n) is 4.48. The molecule has 20 heavy (non-hydrogen) atoms. The van der Waals surface area contributed by atoms with E-state index < -0.39 is 30.0 Å². The molecule has 2 atom stereocenters. The number of halogens is 2. The van der Waals surface area contributed by atoms with Gasteiger partial charge in [-0.15, -0.1) is 0 Å². The Balaban J connectivity index is 2.13. The standard InChI is InChI=1S/C12H12ClFN2O4/c13-6-1-7(14)3-8(2-6)15-12(20)16-5-9(17)4-10(16)11(18)19/h1-3,9-10,17H,4-5H2,(H,15,20)(H,18,19)/t9-,10-/m1/s1. The summed E-state index contributed by atoms with van der Waals surface area (Å²) in [5, 5.41) is 20.9. The summed E-state index contributed by atoms with van der Waals surface area (Å²) in [4.78, 5) is 24.0. The molecule has 1 aromatic carbocycles. The summed E-state index contributed by atoms with van der Waals surface area (Å²) < 4.78 is 13.1. The maximum Gasteiger partial charge on any atom is 0.326 e. The zero-order valence-electron chi connectivity index (χ0n) is 10.2. The maximum atomic E-state index is 13.1. The van der Waals surface area contributed by atoms with E-state index in [-0.39, 0.29) is 23.7 Å². The molecule has 2 amide bonds. The molecule has 0 radical (unpaired) electrons. The van der Waals surface area contributed by atoms with Crippen LogP contribution in [0.3, 0.4) is 0 Å². The molecule has 0 unspecified atom stereocenters. The van der Waals surface area contributed by atoms with Crippen molar-refractivity contribution in [2.45, 2.75) is 18.6 Å². The first kappa shape index (κ1) is 14.5. The number of carboxylic acid groups (broad SMARTS) is 1. The Labute approximate surface area is 118 Å². The highest BCUT2D eigenvalue weighted by atomic mass is 35.5. The van der Waals surface area contributed by atoms with E-state index in [0.29, 0.717) is 0 Å². The minimum Gasteiger partial charge on any atom is -0.480 e. The lowest BCUT2D eigenvalue weighted by Gasteiger charge is -2.21. The molecule has 8 heteroatoms. The highest BCUT2D eigenvalue weighted by molar-refractivity contribution is 6.30. The molecule has 6 nitrogen and oxygen atoms in total. The summed E-state index contributed by atoms with van der Waals surface area (Å²) in [6, 6.07) is 1.65. The summed E-state index contributed by atoms with van der Waals surface area (Å²) in [6.45, 7) is -0.0914. The van der Waals surface area contributed by atoms with E-state index in [9.17, 15) is 19.1 Å². The van der Waals surface area contributed by atoms with Gasteiger partial charge in [-0.1, -0.05) is 11.6 Å². The van der Waals surface area contributed by atoms with Gasteiger partial charge in [-0.05, 0) is 18.2 Å². The molecule has 1 aliphatic rings. The van der Waals surface area contributed by atoms with Crippen LogP contribution in [0, 0.1) is 5.82 Å². The number of benzene rings is 1. The number of hydrogen-bond donors (Lipinski definition) is 3. The van der Waals surface area contributed by atoms with E-state index in [0.717, 1.165) is 17.0 Å². The second-order valence-corrected chi connectivity index (χ2v) is 4.92. The van der Waals surface area contributed by atoms with Gasteiger partial charge < -0.3 is 20.4 Å². The summed E-state index contributed by atoms with van der Waals surface area (Å²) in [5.41, 5.74) is 0.116. The molecule has 0 aliphatic carbocycles. The third-order valence-corrected chi connectivity index (χ3v) is 3.16. The SMILES string of the molecule is O=C(O)[C@H]1C[C@@H](O)CN1C(=O)Nc1cc(F)cc(Cl)c1. The Morgan fingerprint density at radius 1 is 1.40 bits per heavy atom. The lowest BCUT2D eigenvalue weighted by molar-refractivity contribution is -0.141. The summed E-state index contributed by atoms with van der Waals surface area (Å²) in [6.07, 6.45) is -0.926. The smallest absolute Gasteiger partial charge is 0.326 e. The minimum atomic E-state index is -1.20. The van der Waals surface area contributed by atoms with Crippen LogP contribution in [0.1, 0.15) is 6.42 Å². The Kier molecular flexibility index (Phi) is 4.10. The Bertz CT molecular complexity index is 534. The van der Waals surface area contributed by atoms with Gasteiger partial charge in [0, 0.05) is 23.7 Å². The number of aliphatic hydroxyl groups is 1. The van der Waals surface area contributed by atoms with Gasteiger partial charge in [0.15, 0.2) is 0 Å². The summed E-state index contributed by atoms with van der Waals surface area (Å²) >= 11 is 5.66. The van der Waals surface area contributed by atoms with Crippen LogP contribution in [0.15, 0.2) is 18.2 Å². The number of aliphatic hydroxyl groups excluding tert-OH is 1. The van der Waals surface area contributed by atoms with Crippen molar-refractivity contribution in [2.24, 2.45) is 0 Å². The van der Waals surface area contributed by atoms with Gasteiger partial charge in [-0.3, -0.25) is 0 Å². The number of nitrogens with one attached hydrogen (secondary N) is 1. The van der Waals surface area contributed by atoms with E-state index >= 15 is 0 Å². The largest absolute Gasteiger partial charge is 0.480 e. The van der Waals surface area contributed by atoms with Crippen molar-refractivity contribution < 1.29 is 24.2 Å². The van der Waals surface area contributed by atoms with E-state index in [4.69, 9.17) is 16.7 Å². The van der Waals surface area contributed by atoms with Gasteiger partial charge in [0.1, 0.15) is 11.9 Å². The lowest BCUT2D eigenvalue weighted by Crippen LogP contribution is -2.43. The number of carboxylic acids is 1. The first-order valence-corrected chi connectivity index (χ1v) is 6.19. The van der Waals surface area contributed by atoms with Crippen LogP contribution in [-0.2, 0) is 4.79 Å². The third kappa shape index (κ3) is 3.17. The van der Waals surface area contributed by atoms with Crippen LogP contribution in [0.4, 0.5) is 14.9 Å². The zero-order valence-corrected chi connectivity index (χ0v) is 11.0. The average molecular weight is 303 g/mol. The number of amides is 2. The molecule has 1 aliphatic heterocycles.